The average Bonchev–Trinajstić information content (AvgIpc) is 3.48. The number of rotatable bonds is 5. The maximum absolute atomic E-state index is 13.5. The summed E-state index contributed by atoms with van der Waals surface area (Å²) in [4.78, 5) is 13.3. The first-order valence-electron chi connectivity index (χ1n) is 10.8. The first-order valence-corrected chi connectivity index (χ1v) is 12.1. The van der Waals surface area contributed by atoms with Crippen LogP contribution in [0.4, 0.5) is 5.69 Å². The van der Waals surface area contributed by atoms with Gasteiger partial charge in [-0.05, 0) is 49.3 Å². The Bertz CT molecular complexity index is 1050. The molecule has 158 valence electrons. The number of amides is 1. The molecule has 1 amide bonds. The van der Waals surface area contributed by atoms with Crippen molar-refractivity contribution in [1.29, 1.82) is 0 Å². The molecule has 0 saturated carbocycles. The molecular weight excluding hydrogens is 398 g/mol. The summed E-state index contributed by atoms with van der Waals surface area (Å²) in [5.74, 6) is -0.0686. The van der Waals surface area contributed by atoms with Gasteiger partial charge in [-0.2, -0.15) is 17.0 Å². The van der Waals surface area contributed by atoms with E-state index in [4.69, 9.17) is 0 Å². The minimum Gasteiger partial charge on any atom is -0.325 e. The highest BCUT2D eigenvalue weighted by Crippen LogP contribution is 2.50. The van der Waals surface area contributed by atoms with Crippen molar-refractivity contribution in [3.63, 3.8) is 0 Å². The molecule has 7 heteroatoms. The third-order valence-electron chi connectivity index (χ3n) is 6.94. The van der Waals surface area contributed by atoms with Gasteiger partial charge in [-0.15, -0.1) is 0 Å². The Morgan fingerprint density at radius 3 is 2.43 bits per heavy atom. The molecule has 3 heterocycles. The van der Waals surface area contributed by atoms with Gasteiger partial charge >= 0.3 is 0 Å². The van der Waals surface area contributed by atoms with Crippen LogP contribution in [0.3, 0.4) is 0 Å². The van der Waals surface area contributed by atoms with Gasteiger partial charge in [0, 0.05) is 31.4 Å². The molecule has 30 heavy (non-hydrogen) atoms. The smallest absolute Gasteiger partial charge is 0.282 e. The summed E-state index contributed by atoms with van der Waals surface area (Å²) in [7, 11) is -3.59. The predicted octanol–water partition coefficient (Wildman–Crippen LogP) is 2.92. The van der Waals surface area contributed by atoms with Crippen molar-refractivity contribution in [2.75, 3.05) is 25.0 Å². The normalized spacial score (nSPS) is 26.9. The van der Waals surface area contributed by atoms with Gasteiger partial charge in [0.15, 0.2) is 0 Å². The van der Waals surface area contributed by atoms with Gasteiger partial charge in [0.05, 0.1) is 5.41 Å². The van der Waals surface area contributed by atoms with Crippen LogP contribution in [0.5, 0.6) is 0 Å². The Kier molecular flexibility index (Phi) is 4.92. The number of nitrogens with zero attached hydrogens (tertiary/aromatic N) is 2. The number of fused-ring (bicyclic) bond motifs is 2. The molecule has 0 aliphatic carbocycles. The van der Waals surface area contributed by atoms with Crippen LogP contribution in [0, 0.1) is 0 Å². The third-order valence-corrected chi connectivity index (χ3v) is 8.99. The van der Waals surface area contributed by atoms with Crippen LogP contribution < -0.4 is 5.32 Å². The fourth-order valence-electron chi connectivity index (χ4n) is 5.45. The molecule has 2 aromatic rings. The summed E-state index contributed by atoms with van der Waals surface area (Å²) in [5, 5.41) is 3.03. The molecule has 0 radical (unpaired) electrons. The van der Waals surface area contributed by atoms with Gasteiger partial charge in [0.25, 0.3) is 10.2 Å². The quantitative estimate of drug-likeness (QED) is 0.801. The van der Waals surface area contributed by atoms with Crippen molar-refractivity contribution in [2.45, 2.75) is 43.6 Å². The molecule has 0 bridgehead atoms. The Hall–Kier alpha value is -2.22. The number of hydrogen-bond acceptors (Lipinski definition) is 3. The molecule has 1 spiro atoms. The van der Waals surface area contributed by atoms with Crippen LogP contribution in [0.1, 0.15) is 36.8 Å². The van der Waals surface area contributed by atoms with Crippen LogP contribution in [0.2, 0.25) is 0 Å². The highest BCUT2D eigenvalue weighted by atomic mass is 32.2. The number of aryl methyl sites for hydroxylation is 1. The summed E-state index contributed by atoms with van der Waals surface area (Å²) in [5.41, 5.74) is 2.09. The van der Waals surface area contributed by atoms with Crippen molar-refractivity contribution in [1.82, 2.24) is 8.61 Å². The summed E-state index contributed by atoms with van der Waals surface area (Å²) in [6.45, 7) is 1.51. The van der Waals surface area contributed by atoms with E-state index in [1.54, 1.807) is 8.61 Å². The van der Waals surface area contributed by atoms with E-state index in [2.05, 4.69) is 17.4 Å². The second-order valence-electron chi connectivity index (χ2n) is 8.49. The molecular formula is C23H27N3O3S. The lowest BCUT2D eigenvalue weighted by Gasteiger charge is -2.35. The maximum atomic E-state index is 13.5. The zero-order valence-electron chi connectivity index (χ0n) is 17.0. The maximum Gasteiger partial charge on any atom is 0.282 e. The Morgan fingerprint density at radius 1 is 0.967 bits per heavy atom. The lowest BCUT2D eigenvalue weighted by atomic mass is 9.73. The Morgan fingerprint density at radius 2 is 1.67 bits per heavy atom. The van der Waals surface area contributed by atoms with Crippen LogP contribution in [-0.2, 0) is 26.8 Å². The summed E-state index contributed by atoms with van der Waals surface area (Å²) < 4.78 is 30.3. The van der Waals surface area contributed by atoms with Gasteiger partial charge in [-0.1, -0.05) is 48.5 Å². The van der Waals surface area contributed by atoms with Crippen LogP contribution in [0.15, 0.2) is 54.6 Å². The number of carbonyl (C=O) groups is 1. The summed E-state index contributed by atoms with van der Waals surface area (Å²) in [6.07, 6.45) is 3.66. The molecule has 6 nitrogen and oxygen atoms in total. The molecule has 2 atom stereocenters. The topological polar surface area (TPSA) is 69.7 Å². The molecule has 2 fully saturated rings. The van der Waals surface area contributed by atoms with Crippen LogP contribution in [-0.4, -0.2) is 48.6 Å². The van der Waals surface area contributed by atoms with Gasteiger partial charge in [-0.3, -0.25) is 4.79 Å². The number of nitrogens with one attached hydrogen (secondary N) is 1. The number of hydrogen-bond donors (Lipinski definition) is 1. The van der Waals surface area contributed by atoms with E-state index in [0.717, 1.165) is 36.1 Å². The van der Waals surface area contributed by atoms with Crippen LogP contribution in [0.25, 0.3) is 0 Å². The van der Waals surface area contributed by atoms with Gasteiger partial charge in [0.2, 0.25) is 5.91 Å². The molecule has 2 saturated heterocycles. The Labute approximate surface area is 178 Å². The number of benzene rings is 2. The first-order chi connectivity index (χ1) is 14.5. The zero-order valence-corrected chi connectivity index (χ0v) is 17.8. The fraction of sp³-hybridized carbons (Fsp3) is 0.435. The van der Waals surface area contributed by atoms with Gasteiger partial charge < -0.3 is 5.32 Å². The Balaban J connectivity index is 1.55. The minimum absolute atomic E-state index is 0.0686. The minimum atomic E-state index is -3.59. The monoisotopic (exact) mass is 425 g/mol. The molecule has 1 N–H and O–H groups in total. The van der Waals surface area contributed by atoms with E-state index in [9.17, 15) is 13.2 Å². The standard InChI is InChI=1S/C23H27N3O3S/c27-22-23(19-10-4-5-11-20(19)24-22)14-17-26(30(28,29)25-15-6-7-16-25)21(23)13-12-18-8-2-1-3-9-18/h1-5,8-11,21H,6-7,12-17H2,(H,24,27)/t21-,23+/m0/s1. The lowest BCUT2D eigenvalue weighted by molar-refractivity contribution is -0.121. The van der Waals surface area contributed by atoms with E-state index in [-0.39, 0.29) is 5.91 Å². The van der Waals surface area contributed by atoms with Crippen LogP contribution >= 0.6 is 0 Å². The van der Waals surface area contributed by atoms with Crippen molar-refractivity contribution in [3.8, 4) is 0 Å². The van der Waals surface area contributed by atoms with E-state index in [1.807, 2.05) is 42.5 Å². The van der Waals surface area contributed by atoms with E-state index in [0.29, 0.717) is 32.5 Å². The number of carbonyl (C=O) groups excluding carboxylic acids is 1. The second kappa shape index (κ2) is 7.48. The van der Waals surface area contributed by atoms with Gasteiger partial charge in [-0.25, -0.2) is 0 Å². The van der Waals surface area contributed by atoms with Crippen molar-refractivity contribution < 1.29 is 13.2 Å². The molecule has 0 aromatic heterocycles. The summed E-state index contributed by atoms with van der Waals surface area (Å²) in [6, 6.07) is 17.4. The predicted molar refractivity (Wildman–Crippen MR) is 116 cm³/mol. The summed E-state index contributed by atoms with van der Waals surface area (Å²) >= 11 is 0. The molecule has 2 aromatic carbocycles. The molecule has 3 aliphatic heterocycles. The van der Waals surface area contributed by atoms with E-state index < -0.39 is 21.7 Å². The van der Waals surface area contributed by atoms with E-state index in [1.165, 1.54) is 0 Å². The van der Waals surface area contributed by atoms with Crippen molar-refractivity contribution >= 4 is 21.8 Å². The molecule has 3 aliphatic rings. The van der Waals surface area contributed by atoms with Gasteiger partial charge in [0.1, 0.15) is 0 Å². The first kappa shape index (κ1) is 19.7. The molecule has 5 rings (SSSR count). The van der Waals surface area contributed by atoms with E-state index >= 15 is 0 Å². The van der Waals surface area contributed by atoms with Crippen molar-refractivity contribution in [3.05, 3.63) is 65.7 Å². The second-order valence-corrected chi connectivity index (χ2v) is 10.4. The van der Waals surface area contributed by atoms with Crippen molar-refractivity contribution in [2.24, 2.45) is 0 Å². The SMILES string of the molecule is O=C1Nc2ccccc2[C@@]12CCN(S(=O)(=O)N1CCCC1)[C@H]2CCc1ccccc1. The largest absolute Gasteiger partial charge is 0.325 e. The highest BCUT2D eigenvalue weighted by molar-refractivity contribution is 7.86. The highest BCUT2D eigenvalue weighted by Gasteiger charge is 2.60. The third kappa shape index (κ3) is 2.99. The lowest BCUT2D eigenvalue weighted by Crippen LogP contribution is -2.52. The molecule has 0 unspecified atom stereocenters. The average molecular weight is 426 g/mol. The number of para-hydroxylation sites is 1. The fourth-order valence-corrected chi connectivity index (χ4v) is 7.40. The number of anilines is 1. The zero-order chi connectivity index (χ0) is 20.8.